The summed E-state index contributed by atoms with van der Waals surface area (Å²) in [4.78, 5) is 0.0789. The summed E-state index contributed by atoms with van der Waals surface area (Å²) in [5.41, 5.74) is 0.835. The van der Waals surface area contributed by atoms with Gasteiger partial charge in [-0.15, -0.1) is 0 Å². The summed E-state index contributed by atoms with van der Waals surface area (Å²) in [6.45, 7) is 0.192. The highest BCUT2D eigenvalue weighted by molar-refractivity contribution is 7.89. The molecule has 2 rings (SSSR count). The maximum Gasteiger partial charge on any atom is 0.242 e. The zero-order valence-corrected chi connectivity index (χ0v) is 12.4. The Labute approximate surface area is 123 Å². The Morgan fingerprint density at radius 1 is 1.10 bits per heavy atom. The Bertz CT molecular complexity index is 684. The van der Waals surface area contributed by atoms with Crippen molar-refractivity contribution >= 4 is 21.6 Å². The molecule has 4 nitrogen and oxygen atoms in total. The third-order valence-corrected chi connectivity index (χ3v) is 4.65. The maximum atomic E-state index is 12.1. The van der Waals surface area contributed by atoms with E-state index < -0.39 is 10.0 Å². The molecule has 0 fully saturated rings. The zero-order chi connectivity index (χ0) is 14.6. The molecule has 20 heavy (non-hydrogen) atoms. The molecule has 2 aromatic rings. The first-order valence-electron chi connectivity index (χ1n) is 5.90. The number of methoxy groups -OCH3 is 1. The van der Waals surface area contributed by atoms with Gasteiger partial charge in [0, 0.05) is 6.54 Å². The van der Waals surface area contributed by atoms with E-state index in [1.807, 2.05) is 0 Å². The van der Waals surface area contributed by atoms with Crippen LogP contribution in [0.1, 0.15) is 5.56 Å². The second-order valence-electron chi connectivity index (χ2n) is 4.10. The third-order valence-electron chi connectivity index (χ3n) is 2.75. The van der Waals surface area contributed by atoms with Crippen molar-refractivity contribution in [3.8, 4) is 5.75 Å². The molecular formula is C14H14ClNO3S. The Balaban J connectivity index is 2.11. The number of hydrogen-bond donors (Lipinski definition) is 1. The molecule has 0 aliphatic rings. The third kappa shape index (κ3) is 3.50. The molecule has 0 bridgehead atoms. The molecule has 2 aromatic carbocycles. The van der Waals surface area contributed by atoms with Gasteiger partial charge in [-0.25, -0.2) is 13.1 Å². The SMILES string of the molecule is COc1ccc(CNS(=O)(=O)c2ccccc2Cl)cc1. The highest BCUT2D eigenvalue weighted by Crippen LogP contribution is 2.20. The molecule has 0 aromatic heterocycles. The molecule has 0 aliphatic carbocycles. The summed E-state index contributed by atoms with van der Waals surface area (Å²) in [5, 5.41) is 0.203. The Morgan fingerprint density at radius 3 is 2.35 bits per heavy atom. The molecule has 1 N–H and O–H groups in total. The largest absolute Gasteiger partial charge is 0.497 e. The van der Waals surface area contributed by atoms with Gasteiger partial charge in [0.05, 0.1) is 12.1 Å². The van der Waals surface area contributed by atoms with Gasteiger partial charge in [0.2, 0.25) is 10.0 Å². The van der Waals surface area contributed by atoms with E-state index in [-0.39, 0.29) is 16.5 Å². The van der Waals surface area contributed by atoms with E-state index in [1.165, 1.54) is 6.07 Å². The number of hydrogen-bond acceptors (Lipinski definition) is 3. The minimum atomic E-state index is -3.62. The fourth-order valence-corrected chi connectivity index (χ4v) is 3.20. The molecule has 6 heteroatoms. The summed E-state index contributed by atoms with van der Waals surface area (Å²) < 4.78 is 31.8. The van der Waals surface area contributed by atoms with Crippen LogP contribution in [0.5, 0.6) is 5.75 Å². The molecule has 0 saturated heterocycles. The van der Waals surface area contributed by atoms with E-state index >= 15 is 0 Å². The van der Waals surface area contributed by atoms with Crippen molar-refractivity contribution in [3.63, 3.8) is 0 Å². The normalized spacial score (nSPS) is 11.3. The number of benzene rings is 2. The predicted octanol–water partition coefficient (Wildman–Crippen LogP) is 2.83. The topological polar surface area (TPSA) is 55.4 Å². The lowest BCUT2D eigenvalue weighted by Crippen LogP contribution is -2.23. The van der Waals surface area contributed by atoms with E-state index in [0.29, 0.717) is 0 Å². The Kier molecular flexibility index (Phi) is 4.65. The average Bonchev–Trinajstić information content (AvgIpc) is 2.46. The first-order valence-corrected chi connectivity index (χ1v) is 7.76. The second-order valence-corrected chi connectivity index (χ2v) is 6.25. The van der Waals surface area contributed by atoms with E-state index in [1.54, 1.807) is 49.6 Å². The molecule has 0 heterocycles. The summed E-state index contributed by atoms with van der Waals surface area (Å²) >= 11 is 5.89. The van der Waals surface area contributed by atoms with Crippen molar-refractivity contribution < 1.29 is 13.2 Å². The van der Waals surface area contributed by atoms with Gasteiger partial charge >= 0.3 is 0 Å². The van der Waals surface area contributed by atoms with E-state index in [4.69, 9.17) is 16.3 Å². The van der Waals surface area contributed by atoms with Gasteiger partial charge in [-0.1, -0.05) is 35.9 Å². The minimum absolute atomic E-state index is 0.0789. The van der Waals surface area contributed by atoms with E-state index in [2.05, 4.69) is 4.72 Å². The van der Waals surface area contributed by atoms with Crippen LogP contribution in [0.25, 0.3) is 0 Å². The van der Waals surface area contributed by atoms with Crippen LogP contribution in [-0.4, -0.2) is 15.5 Å². The number of halogens is 1. The van der Waals surface area contributed by atoms with Crippen LogP contribution in [0.4, 0.5) is 0 Å². The van der Waals surface area contributed by atoms with Crippen LogP contribution in [0.2, 0.25) is 5.02 Å². The van der Waals surface area contributed by atoms with Crippen molar-refractivity contribution in [2.75, 3.05) is 7.11 Å². The number of ether oxygens (including phenoxy) is 1. The molecule has 106 valence electrons. The molecule has 0 unspecified atom stereocenters. The monoisotopic (exact) mass is 311 g/mol. The lowest BCUT2D eigenvalue weighted by atomic mass is 10.2. The molecular weight excluding hydrogens is 298 g/mol. The fraction of sp³-hybridized carbons (Fsp3) is 0.143. The fourth-order valence-electron chi connectivity index (χ4n) is 1.66. The van der Waals surface area contributed by atoms with Crippen molar-refractivity contribution in [1.82, 2.24) is 4.72 Å². The summed E-state index contributed by atoms with van der Waals surface area (Å²) in [6, 6.07) is 13.5. The van der Waals surface area contributed by atoms with Crippen LogP contribution in [0, 0.1) is 0 Å². The molecule has 0 radical (unpaired) electrons. The summed E-state index contributed by atoms with van der Waals surface area (Å²) in [6.07, 6.45) is 0. The quantitative estimate of drug-likeness (QED) is 0.924. The molecule has 0 spiro atoms. The standard InChI is InChI=1S/C14H14ClNO3S/c1-19-12-8-6-11(7-9-12)10-16-20(17,18)14-5-3-2-4-13(14)15/h2-9,16H,10H2,1H3. The van der Waals surface area contributed by atoms with Gasteiger partial charge in [-0.3, -0.25) is 0 Å². The molecule has 0 aliphatic heterocycles. The van der Waals surface area contributed by atoms with Crippen molar-refractivity contribution in [2.24, 2.45) is 0 Å². The van der Waals surface area contributed by atoms with Crippen LogP contribution >= 0.6 is 11.6 Å². The number of nitrogens with one attached hydrogen (secondary N) is 1. The van der Waals surface area contributed by atoms with Gasteiger partial charge in [-0.05, 0) is 29.8 Å². The highest BCUT2D eigenvalue weighted by Gasteiger charge is 2.16. The number of rotatable bonds is 5. The molecule has 0 amide bonds. The second kappa shape index (κ2) is 6.26. The smallest absolute Gasteiger partial charge is 0.242 e. The van der Waals surface area contributed by atoms with Crippen LogP contribution in [0.15, 0.2) is 53.4 Å². The Hall–Kier alpha value is -1.56. The van der Waals surface area contributed by atoms with Crippen LogP contribution in [-0.2, 0) is 16.6 Å². The highest BCUT2D eigenvalue weighted by atomic mass is 35.5. The average molecular weight is 312 g/mol. The lowest BCUT2D eigenvalue weighted by Gasteiger charge is -2.08. The predicted molar refractivity (Wildman–Crippen MR) is 78.5 cm³/mol. The van der Waals surface area contributed by atoms with Crippen molar-refractivity contribution in [3.05, 3.63) is 59.1 Å². The minimum Gasteiger partial charge on any atom is -0.497 e. The van der Waals surface area contributed by atoms with Gasteiger partial charge in [0.1, 0.15) is 10.6 Å². The van der Waals surface area contributed by atoms with Crippen LogP contribution < -0.4 is 9.46 Å². The molecule has 0 atom stereocenters. The first-order chi connectivity index (χ1) is 9.53. The van der Waals surface area contributed by atoms with E-state index in [0.717, 1.165) is 11.3 Å². The van der Waals surface area contributed by atoms with Crippen LogP contribution in [0.3, 0.4) is 0 Å². The number of sulfonamides is 1. The Morgan fingerprint density at radius 2 is 1.75 bits per heavy atom. The van der Waals surface area contributed by atoms with Gasteiger partial charge in [-0.2, -0.15) is 0 Å². The maximum absolute atomic E-state index is 12.1. The van der Waals surface area contributed by atoms with Crippen molar-refractivity contribution in [2.45, 2.75) is 11.4 Å². The lowest BCUT2D eigenvalue weighted by molar-refractivity contribution is 0.414. The summed E-state index contributed by atoms with van der Waals surface area (Å²) in [7, 11) is -2.04. The van der Waals surface area contributed by atoms with E-state index in [9.17, 15) is 8.42 Å². The van der Waals surface area contributed by atoms with Gasteiger partial charge in [0.25, 0.3) is 0 Å². The van der Waals surface area contributed by atoms with Gasteiger partial charge in [0.15, 0.2) is 0 Å². The summed E-state index contributed by atoms with van der Waals surface area (Å²) in [5.74, 6) is 0.725. The zero-order valence-electron chi connectivity index (χ0n) is 10.8. The van der Waals surface area contributed by atoms with Crippen molar-refractivity contribution in [1.29, 1.82) is 0 Å². The first kappa shape index (κ1) is 14.8. The van der Waals surface area contributed by atoms with Gasteiger partial charge < -0.3 is 4.74 Å². The molecule has 0 saturated carbocycles.